The molecule has 1 N–H and O–H groups in total. The molecule has 2 rings (SSSR count). The minimum atomic E-state index is 0.879. The molecule has 0 spiro atoms. The van der Waals surface area contributed by atoms with Crippen molar-refractivity contribution < 1.29 is 0 Å². The smallest absolute Gasteiger partial charge is 0.148 e. The lowest BCUT2D eigenvalue weighted by Gasteiger charge is -1.99. The molecule has 72 valence electrons. The number of nitrogens with one attached hydrogen (secondary N) is 1. The number of aromatic nitrogens is 3. The molecule has 0 aliphatic carbocycles. The first-order valence-corrected chi connectivity index (χ1v) is 4.60. The predicted molar refractivity (Wildman–Crippen MR) is 55.5 cm³/mol. The Labute approximate surface area is 82.6 Å². The van der Waals surface area contributed by atoms with Crippen molar-refractivity contribution in [2.24, 2.45) is 0 Å². The Hall–Kier alpha value is -1.84. The van der Waals surface area contributed by atoms with E-state index in [1.165, 1.54) is 0 Å². The standard InChI is InChI=1S/C10H12N4/c1-2-12-10-5-7-14(13-10)9-4-3-6-11-8-9/h3-8H,2H2,1H3,(H,12,13). The van der Waals surface area contributed by atoms with Gasteiger partial charge < -0.3 is 5.32 Å². The molecule has 14 heavy (non-hydrogen) atoms. The fourth-order valence-electron chi connectivity index (χ4n) is 1.23. The zero-order valence-corrected chi connectivity index (χ0v) is 8.01. The van der Waals surface area contributed by atoms with Gasteiger partial charge in [-0.1, -0.05) is 0 Å². The van der Waals surface area contributed by atoms with Crippen LogP contribution in [0.1, 0.15) is 6.92 Å². The fraction of sp³-hybridized carbons (Fsp3) is 0.200. The molecule has 4 nitrogen and oxygen atoms in total. The van der Waals surface area contributed by atoms with Crippen molar-refractivity contribution in [3.05, 3.63) is 36.8 Å². The van der Waals surface area contributed by atoms with E-state index in [1.807, 2.05) is 31.3 Å². The summed E-state index contributed by atoms with van der Waals surface area (Å²) in [6, 6.07) is 5.80. The van der Waals surface area contributed by atoms with Crippen molar-refractivity contribution in [1.29, 1.82) is 0 Å². The van der Waals surface area contributed by atoms with Crippen LogP contribution in [0.4, 0.5) is 5.82 Å². The van der Waals surface area contributed by atoms with Crippen LogP contribution in [-0.2, 0) is 0 Å². The minimum Gasteiger partial charge on any atom is -0.369 e. The van der Waals surface area contributed by atoms with Gasteiger partial charge in [-0.05, 0) is 19.1 Å². The lowest BCUT2D eigenvalue weighted by molar-refractivity contribution is 0.873. The third-order valence-electron chi connectivity index (χ3n) is 1.86. The molecule has 0 radical (unpaired) electrons. The van der Waals surface area contributed by atoms with Crippen LogP contribution in [-0.4, -0.2) is 21.3 Å². The molecule has 0 saturated heterocycles. The molecule has 4 heteroatoms. The van der Waals surface area contributed by atoms with E-state index >= 15 is 0 Å². The maximum absolute atomic E-state index is 4.34. The Kier molecular flexibility index (Phi) is 2.44. The highest BCUT2D eigenvalue weighted by molar-refractivity contribution is 5.36. The van der Waals surface area contributed by atoms with E-state index in [9.17, 15) is 0 Å². The highest BCUT2D eigenvalue weighted by Crippen LogP contribution is 2.07. The summed E-state index contributed by atoms with van der Waals surface area (Å²) in [5.41, 5.74) is 0.969. The van der Waals surface area contributed by atoms with Gasteiger partial charge in [0.05, 0.1) is 11.9 Å². The normalized spacial score (nSPS) is 10.1. The van der Waals surface area contributed by atoms with Crippen molar-refractivity contribution >= 4 is 5.82 Å². The molecule has 2 heterocycles. The number of anilines is 1. The first-order valence-electron chi connectivity index (χ1n) is 4.60. The van der Waals surface area contributed by atoms with Crippen LogP contribution in [0.25, 0.3) is 5.69 Å². The molecular formula is C10H12N4. The second-order valence-corrected chi connectivity index (χ2v) is 2.89. The van der Waals surface area contributed by atoms with Crippen LogP contribution in [0, 0.1) is 0 Å². The number of hydrogen-bond donors (Lipinski definition) is 1. The monoisotopic (exact) mass is 188 g/mol. The summed E-state index contributed by atoms with van der Waals surface area (Å²) in [5, 5.41) is 7.48. The summed E-state index contributed by atoms with van der Waals surface area (Å²) < 4.78 is 1.80. The van der Waals surface area contributed by atoms with Crippen LogP contribution >= 0.6 is 0 Å². The Morgan fingerprint density at radius 2 is 2.36 bits per heavy atom. The highest BCUT2D eigenvalue weighted by atomic mass is 15.3. The zero-order valence-electron chi connectivity index (χ0n) is 8.01. The van der Waals surface area contributed by atoms with E-state index < -0.39 is 0 Å². The summed E-state index contributed by atoms with van der Waals surface area (Å²) in [6.45, 7) is 2.92. The largest absolute Gasteiger partial charge is 0.369 e. The van der Waals surface area contributed by atoms with E-state index in [0.29, 0.717) is 0 Å². The molecule has 0 saturated carbocycles. The van der Waals surface area contributed by atoms with Crippen LogP contribution in [0.3, 0.4) is 0 Å². The van der Waals surface area contributed by atoms with Crippen molar-refractivity contribution in [2.75, 3.05) is 11.9 Å². The maximum Gasteiger partial charge on any atom is 0.148 e. The summed E-state index contributed by atoms with van der Waals surface area (Å²) >= 11 is 0. The Balaban J connectivity index is 2.25. The van der Waals surface area contributed by atoms with Crippen molar-refractivity contribution in [3.63, 3.8) is 0 Å². The van der Waals surface area contributed by atoms with Crippen molar-refractivity contribution in [3.8, 4) is 5.69 Å². The van der Waals surface area contributed by atoms with Crippen LogP contribution in [0.5, 0.6) is 0 Å². The van der Waals surface area contributed by atoms with E-state index in [4.69, 9.17) is 0 Å². The molecule has 0 aromatic carbocycles. The second-order valence-electron chi connectivity index (χ2n) is 2.89. The lowest BCUT2D eigenvalue weighted by Crippen LogP contribution is -1.99. The first kappa shape index (κ1) is 8.74. The average Bonchev–Trinajstić information content (AvgIpc) is 2.68. The van der Waals surface area contributed by atoms with Gasteiger partial charge in [0, 0.05) is 25.0 Å². The van der Waals surface area contributed by atoms with E-state index in [1.54, 1.807) is 17.1 Å². The van der Waals surface area contributed by atoms with Crippen LogP contribution in [0.15, 0.2) is 36.8 Å². The molecule has 0 bridgehead atoms. The van der Waals surface area contributed by atoms with Gasteiger partial charge in [0.2, 0.25) is 0 Å². The molecule has 0 amide bonds. The number of rotatable bonds is 3. The van der Waals surface area contributed by atoms with Crippen molar-refractivity contribution in [1.82, 2.24) is 14.8 Å². The molecule has 2 aromatic rings. The summed E-state index contributed by atoms with van der Waals surface area (Å²) in [7, 11) is 0. The molecular weight excluding hydrogens is 176 g/mol. The Bertz CT molecular complexity index is 394. The molecule has 0 fully saturated rings. The van der Waals surface area contributed by atoms with E-state index in [2.05, 4.69) is 15.4 Å². The number of pyridine rings is 1. The fourth-order valence-corrected chi connectivity index (χ4v) is 1.23. The van der Waals surface area contributed by atoms with E-state index in [-0.39, 0.29) is 0 Å². The zero-order chi connectivity index (χ0) is 9.80. The predicted octanol–water partition coefficient (Wildman–Crippen LogP) is 1.70. The Morgan fingerprint density at radius 1 is 1.43 bits per heavy atom. The van der Waals surface area contributed by atoms with Crippen molar-refractivity contribution in [2.45, 2.75) is 6.92 Å². The van der Waals surface area contributed by atoms with Gasteiger partial charge in [-0.15, -0.1) is 0 Å². The minimum absolute atomic E-state index is 0.879. The summed E-state index contributed by atoms with van der Waals surface area (Å²) in [6.07, 6.45) is 5.44. The van der Waals surface area contributed by atoms with Gasteiger partial charge >= 0.3 is 0 Å². The van der Waals surface area contributed by atoms with E-state index in [0.717, 1.165) is 18.1 Å². The first-order chi connectivity index (χ1) is 6.90. The topological polar surface area (TPSA) is 42.7 Å². The third-order valence-corrected chi connectivity index (χ3v) is 1.86. The molecule has 2 aromatic heterocycles. The van der Waals surface area contributed by atoms with Crippen LogP contribution < -0.4 is 5.32 Å². The van der Waals surface area contributed by atoms with Crippen LogP contribution in [0.2, 0.25) is 0 Å². The van der Waals surface area contributed by atoms with Gasteiger partial charge in [0.25, 0.3) is 0 Å². The maximum atomic E-state index is 4.34. The summed E-state index contributed by atoms with van der Waals surface area (Å²) in [5.74, 6) is 0.886. The molecule has 0 unspecified atom stereocenters. The summed E-state index contributed by atoms with van der Waals surface area (Å²) in [4.78, 5) is 4.04. The van der Waals surface area contributed by atoms with Gasteiger partial charge in [-0.25, -0.2) is 4.68 Å². The quantitative estimate of drug-likeness (QED) is 0.797. The van der Waals surface area contributed by atoms with Gasteiger partial charge in [-0.2, -0.15) is 5.10 Å². The average molecular weight is 188 g/mol. The molecule has 0 aliphatic rings. The lowest BCUT2D eigenvalue weighted by atomic mass is 10.4. The SMILES string of the molecule is CCNc1ccn(-c2cccnc2)n1. The third kappa shape index (κ3) is 1.74. The number of hydrogen-bond acceptors (Lipinski definition) is 3. The molecule has 0 atom stereocenters. The van der Waals surface area contributed by atoms with Gasteiger partial charge in [0.1, 0.15) is 5.82 Å². The molecule has 0 aliphatic heterocycles. The van der Waals surface area contributed by atoms with Gasteiger partial charge in [0.15, 0.2) is 0 Å². The number of nitrogens with zero attached hydrogens (tertiary/aromatic N) is 3. The second kappa shape index (κ2) is 3.91. The van der Waals surface area contributed by atoms with Gasteiger partial charge in [-0.3, -0.25) is 4.98 Å². The Morgan fingerprint density at radius 3 is 3.07 bits per heavy atom. The highest BCUT2D eigenvalue weighted by Gasteiger charge is 1.98.